The van der Waals surface area contributed by atoms with Gasteiger partial charge in [0.05, 0.1) is 5.57 Å². The number of β-lactam (4-membered cyclic amide) rings is 1. The normalized spacial score (nSPS) is 23.9. The minimum Gasteiger partial charge on any atom is -0.477 e. The Morgan fingerprint density at radius 3 is 3.00 bits per heavy atom. The maximum atomic E-state index is 11.8. The van der Waals surface area contributed by atoms with Gasteiger partial charge in [-0.1, -0.05) is 0 Å². The summed E-state index contributed by atoms with van der Waals surface area (Å²) in [4.78, 5) is 28.0. The average molecular weight is 264 g/mol. The maximum Gasteiger partial charge on any atom is 0.353 e. The molecule has 0 bridgehead atoms. The van der Waals surface area contributed by atoms with E-state index < -0.39 is 5.97 Å². The molecule has 3 rings (SSSR count). The van der Waals surface area contributed by atoms with Gasteiger partial charge in [0.15, 0.2) is 5.82 Å². The van der Waals surface area contributed by atoms with Crippen molar-refractivity contribution in [3.8, 4) is 0 Å². The second kappa shape index (κ2) is 3.70. The van der Waals surface area contributed by atoms with Gasteiger partial charge in [-0.15, -0.1) is 11.8 Å². The molecular formula is C10H8N4O3S. The molecule has 1 saturated heterocycles. The smallest absolute Gasteiger partial charge is 0.353 e. The van der Waals surface area contributed by atoms with Gasteiger partial charge in [0, 0.05) is 12.5 Å². The highest BCUT2D eigenvalue weighted by molar-refractivity contribution is 8.03. The highest BCUT2D eigenvalue weighted by Crippen LogP contribution is 2.44. The number of fused-ring (bicyclic) bond motifs is 1. The van der Waals surface area contributed by atoms with Crippen LogP contribution < -0.4 is 0 Å². The average Bonchev–Trinajstić information content (AvgIpc) is 2.89. The maximum absolute atomic E-state index is 11.8. The number of carboxylic acid groups (broad SMARTS) is 1. The van der Waals surface area contributed by atoms with E-state index in [1.165, 1.54) is 33.1 Å². The Hall–Kier alpha value is -2.09. The summed E-state index contributed by atoms with van der Waals surface area (Å²) in [5, 5.41) is 14.2. The Morgan fingerprint density at radius 2 is 2.39 bits per heavy atom. The number of hydrogen-bond acceptors (Lipinski definition) is 5. The number of aromatic nitrogens is 3. The van der Waals surface area contributed by atoms with Crippen LogP contribution in [0.5, 0.6) is 0 Å². The zero-order chi connectivity index (χ0) is 12.9. The van der Waals surface area contributed by atoms with Crippen LogP contribution in [0.2, 0.25) is 0 Å². The van der Waals surface area contributed by atoms with Crippen LogP contribution in [0.15, 0.2) is 23.0 Å². The van der Waals surface area contributed by atoms with Crippen LogP contribution in [-0.4, -0.2) is 42.0 Å². The van der Waals surface area contributed by atoms with E-state index in [1.54, 1.807) is 13.1 Å². The second-order valence-corrected chi connectivity index (χ2v) is 4.80. The minimum absolute atomic E-state index is 0.0288. The fourth-order valence-electron chi connectivity index (χ4n) is 1.83. The first-order chi connectivity index (χ1) is 8.58. The van der Waals surface area contributed by atoms with Crippen LogP contribution in [0.3, 0.4) is 0 Å². The zero-order valence-electron chi connectivity index (χ0n) is 9.27. The quantitative estimate of drug-likeness (QED) is 0.599. The van der Waals surface area contributed by atoms with E-state index in [4.69, 9.17) is 5.11 Å². The summed E-state index contributed by atoms with van der Waals surface area (Å²) in [6, 6.07) is 0. The van der Waals surface area contributed by atoms with Crippen molar-refractivity contribution >= 4 is 29.7 Å². The number of carbonyl (C=O) groups is 2. The van der Waals surface area contributed by atoms with E-state index in [-0.39, 0.29) is 17.0 Å². The SMILES string of the molecule is Cn1cnc(/C=C2/C(=O)N3C(C(=O)O)=CSC23)n1. The van der Waals surface area contributed by atoms with Crippen LogP contribution >= 0.6 is 11.8 Å². The van der Waals surface area contributed by atoms with E-state index in [0.717, 1.165) is 0 Å². The topological polar surface area (TPSA) is 88.3 Å². The number of hydrogen-bond donors (Lipinski definition) is 1. The zero-order valence-corrected chi connectivity index (χ0v) is 10.1. The fraction of sp³-hybridized carbons (Fsp3) is 0.200. The Morgan fingerprint density at radius 1 is 1.61 bits per heavy atom. The number of carboxylic acids is 1. The second-order valence-electron chi connectivity index (χ2n) is 3.85. The number of aryl methyl sites for hydroxylation is 1. The molecular weight excluding hydrogens is 256 g/mol. The van der Waals surface area contributed by atoms with Crippen molar-refractivity contribution in [2.24, 2.45) is 7.05 Å². The van der Waals surface area contributed by atoms with Crippen molar-refractivity contribution in [3.05, 3.63) is 28.8 Å². The lowest BCUT2D eigenvalue weighted by Gasteiger charge is -2.36. The Kier molecular flexibility index (Phi) is 2.27. The van der Waals surface area contributed by atoms with E-state index >= 15 is 0 Å². The summed E-state index contributed by atoms with van der Waals surface area (Å²) in [6.45, 7) is 0. The molecule has 7 nitrogen and oxygen atoms in total. The van der Waals surface area contributed by atoms with Crippen LogP contribution in [0.4, 0.5) is 0 Å². The molecule has 0 aliphatic carbocycles. The molecule has 0 radical (unpaired) electrons. The van der Waals surface area contributed by atoms with Gasteiger partial charge >= 0.3 is 5.97 Å². The summed E-state index contributed by atoms with van der Waals surface area (Å²) in [7, 11) is 1.73. The first-order valence-electron chi connectivity index (χ1n) is 5.07. The minimum atomic E-state index is -1.09. The van der Waals surface area contributed by atoms with Crippen LogP contribution in [-0.2, 0) is 16.6 Å². The third-order valence-corrected chi connectivity index (χ3v) is 3.74. The Labute approximate surface area is 106 Å². The number of amides is 1. The van der Waals surface area contributed by atoms with Crippen molar-refractivity contribution in [1.29, 1.82) is 0 Å². The lowest BCUT2D eigenvalue weighted by Crippen LogP contribution is -2.51. The third-order valence-electron chi connectivity index (χ3n) is 2.66. The first kappa shape index (κ1) is 11.0. The van der Waals surface area contributed by atoms with Crippen molar-refractivity contribution in [2.75, 3.05) is 0 Å². The molecule has 0 spiro atoms. The third kappa shape index (κ3) is 1.46. The molecule has 1 fully saturated rings. The molecule has 18 heavy (non-hydrogen) atoms. The summed E-state index contributed by atoms with van der Waals surface area (Å²) < 4.78 is 1.54. The molecule has 1 unspecified atom stereocenters. The van der Waals surface area contributed by atoms with Gasteiger partial charge in [-0.2, -0.15) is 5.10 Å². The van der Waals surface area contributed by atoms with Crippen molar-refractivity contribution < 1.29 is 14.7 Å². The van der Waals surface area contributed by atoms with Gasteiger partial charge in [0.2, 0.25) is 0 Å². The molecule has 92 valence electrons. The van der Waals surface area contributed by atoms with E-state index in [2.05, 4.69) is 10.1 Å². The van der Waals surface area contributed by atoms with E-state index in [0.29, 0.717) is 11.4 Å². The van der Waals surface area contributed by atoms with Crippen LogP contribution in [0.25, 0.3) is 6.08 Å². The monoisotopic (exact) mass is 264 g/mol. The number of thioether (sulfide) groups is 1. The largest absolute Gasteiger partial charge is 0.477 e. The molecule has 1 atom stereocenters. The lowest BCUT2D eigenvalue weighted by molar-refractivity contribution is -0.141. The molecule has 8 heteroatoms. The number of aliphatic carboxylic acids is 1. The molecule has 1 amide bonds. The van der Waals surface area contributed by atoms with Gasteiger partial charge in [0.25, 0.3) is 5.91 Å². The lowest BCUT2D eigenvalue weighted by atomic mass is 10.0. The molecule has 0 saturated carbocycles. The van der Waals surface area contributed by atoms with Gasteiger partial charge in [0.1, 0.15) is 17.4 Å². The van der Waals surface area contributed by atoms with E-state index in [9.17, 15) is 9.59 Å². The summed E-state index contributed by atoms with van der Waals surface area (Å²) in [5.74, 6) is -0.940. The molecule has 1 aromatic rings. The number of rotatable bonds is 2. The van der Waals surface area contributed by atoms with Crippen molar-refractivity contribution in [3.63, 3.8) is 0 Å². The van der Waals surface area contributed by atoms with Crippen LogP contribution in [0, 0.1) is 0 Å². The summed E-state index contributed by atoms with van der Waals surface area (Å²) in [6.07, 6.45) is 3.13. The van der Waals surface area contributed by atoms with Gasteiger partial charge in [-0.3, -0.25) is 14.4 Å². The van der Waals surface area contributed by atoms with E-state index in [1.807, 2.05) is 0 Å². The summed E-state index contributed by atoms with van der Waals surface area (Å²) >= 11 is 1.30. The number of nitrogens with zero attached hydrogens (tertiary/aromatic N) is 4. The van der Waals surface area contributed by atoms with Gasteiger partial charge < -0.3 is 5.11 Å². The molecule has 3 heterocycles. The molecule has 0 aromatic carbocycles. The Balaban J connectivity index is 1.86. The first-order valence-corrected chi connectivity index (χ1v) is 6.02. The fourth-order valence-corrected chi connectivity index (χ4v) is 2.95. The standard InChI is InChI=1S/C10H8N4O3S/c1-13-4-11-7(12-13)2-5-8(15)14-6(10(16)17)3-18-9(5)14/h2-4,9H,1H3,(H,16,17)/b5-2-. The molecule has 2 aliphatic heterocycles. The predicted octanol–water partition coefficient (Wildman–Crippen LogP) is 0.0396. The van der Waals surface area contributed by atoms with Crippen LogP contribution in [0.1, 0.15) is 5.82 Å². The number of carbonyl (C=O) groups excluding carboxylic acids is 1. The highest BCUT2D eigenvalue weighted by Gasteiger charge is 2.49. The molecule has 1 aromatic heterocycles. The van der Waals surface area contributed by atoms with Crippen molar-refractivity contribution in [1.82, 2.24) is 19.7 Å². The Bertz CT molecular complexity index is 618. The van der Waals surface area contributed by atoms with Gasteiger partial charge in [-0.05, 0) is 6.08 Å². The van der Waals surface area contributed by atoms with Gasteiger partial charge in [-0.25, -0.2) is 9.78 Å². The highest BCUT2D eigenvalue weighted by atomic mass is 32.2. The molecule has 2 aliphatic rings. The van der Waals surface area contributed by atoms with Crippen molar-refractivity contribution in [2.45, 2.75) is 5.37 Å². The summed E-state index contributed by atoms with van der Waals surface area (Å²) in [5.41, 5.74) is 0.555. The molecule has 1 N–H and O–H groups in total. The predicted molar refractivity (Wildman–Crippen MR) is 62.9 cm³/mol.